The van der Waals surface area contributed by atoms with E-state index in [0.29, 0.717) is 13.2 Å². The smallest absolute Gasteiger partial charge is 0.141 e. The summed E-state index contributed by atoms with van der Waals surface area (Å²) in [6.07, 6.45) is 4.89. The van der Waals surface area contributed by atoms with Crippen LogP contribution in [0.15, 0.2) is 42.6 Å². The first-order valence-electron chi connectivity index (χ1n) is 9.88. The molecule has 1 N–H and O–H groups in total. The van der Waals surface area contributed by atoms with Gasteiger partial charge in [-0.3, -0.25) is 4.98 Å². The summed E-state index contributed by atoms with van der Waals surface area (Å²) in [4.78, 5) is 4.46. The van der Waals surface area contributed by atoms with Crippen LogP contribution in [-0.4, -0.2) is 37.0 Å². The molecule has 4 rings (SSSR count). The van der Waals surface area contributed by atoms with Crippen LogP contribution in [0.2, 0.25) is 5.02 Å². The third-order valence-electron chi connectivity index (χ3n) is 5.99. The largest absolute Gasteiger partial charge is 0.378 e. The molecule has 0 amide bonds. The summed E-state index contributed by atoms with van der Waals surface area (Å²) >= 11 is 6.07. The van der Waals surface area contributed by atoms with Crippen molar-refractivity contribution in [3.05, 3.63) is 64.7 Å². The van der Waals surface area contributed by atoms with Crippen molar-refractivity contribution >= 4 is 11.6 Å². The number of hydrogen-bond acceptors (Lipinski definition) is 4. The minimum Gasteiger partial charge on any atom is -0.378 e. The first kappa shape index (κ1) is 19.8. The molecule has 1 spiro atoms. The molecule has 2 fully saturated rings. The van der Waals surface area contributed by atoms with Crippen molar-refractivity contribution < 1.29 is 13.9 Å². The van der Waals surface area contributed by atoms with Gasteiger partial charge in [0.25, 0.3) is 0 Å². The number of rotatable bonds is 6. The predicted molar refractivity (Wildman–Crippen MR) is 107 cm³/mol. The molecule has 0 aliphatic carbocycles. The van der Waals surface area contributed by atoms with E-state index in [4.69, 9.17) is 21.1 Å². The summed E-state index contributed by atoms with van der Waals surface area (Å²) in [7, 11) is 0. The summed E-state index contributed by atoms with van der Waals surface area (Å²) in [6.45, 7) is 3.64. The van der Waals surface area contributed by atoms with Crippen LogP contribution in [0.4, 0.5) is 4.39 Å². The quantitative estimate of drug-likeness (QED) is 0.730. The van der Waals surface area contributed by atoms with Crippen LogP contribution in [0.5, 0.6) is 0 Å². The van der Waals surface area contributed by atoms with Gasteiger partial charge >= 0.3 is 0 Å². The van der Waals surface area contributed by atoms with Crippen molar-refractivity contribution in [2.75, 3.05) is 26.4 Å². The number of aromatic nitrogens is 1. The Labute approximate surface area is 170 Å². The van der Waals surface area contributed by atoms with E-state index in [1.807, 2.05) is 24.3 Å². The molecule has 2 aliphatic heterocycles. The van der Waals surface area contributed by atoms with Crippen LogP contribution in [0.3, 0.4) is 0 Å². The number of nitrogens with one attached hydrogen (secondary N) is 1. The topological polar surface area (TPSA) is 43.4 Å². The molecule has 4 nitrogen and oxygen atoms in total. The van der Waals surface area contributed by atoms with Crippen LogP contribution in [-0.2, 0) is 21.4 Å². The van der Waals surface area contributed by atoms with Crippen LogP contribution >= 0.6 is 11.6 Å². The van der Waals surface area contributed by atoms with E-state index < -0.39 is 0 Å². The summed E-state index contributed by atoms with van der Waals surface area (Å²) in [5.41, 5.74) is 1.74. The fourth-order valence-electron chi connectivity index (χ4n) is 4.52. The lowest BCUT2D eigenvalue weighted by Crippen LogP contribution is -2.49. The van der Waals surface area contributed by atoms with Crippen molar-refractivity contribution in [2.45, 2.75) is 43.2 Å². The van der Waals surface area contributed by atoms with E-state index in [-0.39, 0.29) is 16.8 Å². The normalized spacial score (nSPS) is 27.4. The highest BCUT2D eigenvalue weighted by atomic mass is 35.5. The molecule has 1 aromatic heterocycles. The molecule has 28 heavy (non-hydrogen) atoms. The van der Waals surface area contributed by atoms with Crippen molar-refractivity contribution in [3.63, 3.8) is 0 Å². The Morgan fingerprint density at radius 3 is 2.86 bits per heavy atom. The summed E-state index contributed by atoms with van der Waals surface area (Å²) in [6, 6.07) is 11.2. The first-order valence-corrected chi connectivity index (χ1v) is 10.3. The maximum Gasteiger partial charge on any atom is 0.141 e. The van der Waals surface area contributed by atoms with Gasteiger partial charge in [0.2, 0.25) is 0 Å². The Morgan fingerprint density at radius 2 is 2.11 bits per heavy atom. The van der Waals surface area contributed by atoms with E-state index in [2.05, 4.69) is 16.4 Å². The summed E-state index contributed by atoms with van der Waals surface area (Å²) in [5.74, 6) is -0.302. The zero-order valence-electron chi connectivity index (χ0n) is 15.9. The molecule has 0 radical (unpaired) electrons. The minimum atomic E-state index is -0.302. The van der Waals surface area contributed by atoms with Crippen LogP contribution in [0, 0.1) is 5.82 Å². The first-order chi connectivity index (χ1) is 13.6. The molecule has 2 aromatic rings. The van der Waals surface area contributed by atoms with Gasteiger partial charge in [0, 0.05) is 42.3 Å². The monoisotopic (exact) mass is 404 g/mol. The number of pyridine rings is 1. The second-order valence-electron chi connectivity index (χ2n) is 7.96. The Kier molecular flexibility index (Phi) is 5.97. The molecular formula is C22H26ClFN2O2. The van der Waals surface area contributed by atoms with E-state index in [0.717, 1.165) is 61.7 Å². The minimum absolute atomic E-state index is 0.138. The Hall–Kier alpha value is -1.53. The predicted octanol–water partition coefficient (Wildman–Crippen LogP) is 4.26. The number of benzene rings is 1. The van der Waals surface area contributed by atoms with E-state index in [1.165, 1.54) is 12.3 Å². The lowest BCUT2D eigenvalue weighted by atomic mass is 9.68. The van der Waals surface area contributed by atoms with Gasteiger partial charge in [0.1, 0.15) is 5.82 Å². The Morgan fingerprint density at radius 1 is 1.18 bits per heavy atom. The van der Waals surface area contributed by atoms with Gasteiger partial charge in [-0.2, -0.15) is 0 Å². The van der Waals surface area contributed by atoms with E-state index >= 15 is 0 Å². The second-order valence-corrected chi connectivity index (χ2v) is 8.40. The second kappa shape index (κ2) is 8.46. The highest BCUT2D eigenvalue weighted by molar-refractivity contribution is 6.30. The van der Waals surface area contributed by atoms with Crippen molar-refractivity contribution in [1.29, 1.82) is 0 Å². The molecule has 2 atom stereocenters. The summed E-state index contributed by atoms with van der Waals surface area (Å²) < 4.78 is 25.3. The molecular weight excluding hydrogens is 379 g/mol. The van der Waals surface area contributed by atoms with Gasteiger partial charge in [-0.25, -0.2) is 4.39 Å². The molecule has 2 saturated heterocycles. The number of ether oxygens (including phenoxy) is 2. The molecule has 150 valence electrons. The lowest BCUT2D eigenvalue weighted by molar-refractivity contribution is -0.109. The highest BCUT2D eigenvalue weighted by Crippen LogP contribution is 2.46. The van der Waals surface area contributed by atoms with Gasteiger partial charge in [0.05, 0.1) is 18.4 Å². The maximum atomic E-state index is 13.5. The van der Waals surface area contributed by atoms with Crippen molar-refractivity contribution in [1.82, 2.24) is 10.3 Å². The van der Waals surface area contributed by atoms with Gasteiger partial charge in [-0.05, 0) is 55.6 Å². The molecule has 6 heteroatoms. The fourth-order valence-corrected chi connectivity index (χ4v) is 4.73. The van der Waals surface area contributed by atoms with Gasteiger partial charge in [-0.15, -0.1) is 0 Å². The standard InChI is InChI=1S/C22H26ClFN2O2/c23-18-3-1-2-17(12-18)13-25-9-6-21(20-5-4-19(24)14-26-20)7-11-28-22(15-21)8-10-27-16-22/h1-5,12,14,25H,6-11,13,15-16H2. The zero-order valence-corrected chi connectivity index (χ0v) is 16.7. The molecule has 0 bridgehead atoms. The molecule has 2 unspecified atom stereocenters. The third kappa shape index (κ3) is 4.38. The van der Waals surface area contributed by atoms with Crippen LogP contribution in [0.1, 0.15) is 36.9 Å². The van der Waals surface area contributed by atoms with Gasteiger partial charge in [0.15, 0.2) is 0 Å². The average molecular weight is 405 g/mol. The van der Waals surface area contributed by atoms with Crippen LogP contribution in [0.25, 0.3) is 0 Å². The number of hydrogen-bond donors (Lipinski definition) is 1. The van der Waals surface area contributed by atoms with E-state index in [9.17, 15) is 4.39 Å². The Bertz CT molecular complexity index is 795. The molecule has 2 aliphatic rings. The zero-order chi connectivity index (χ0) is 19.5. The van der Waals surface area contributed by atoms with Crippen LogP contribution < -0.4 is 5.32 Å². The third-order valence-corrected chi connectivity index (χ3v) is 6.22. The fraction of sp³-hybridized carbons (Fsp3) is 0.500. The van der Waals surface area contributed by atoms with Gasteiger partial charge in [-0.1, -0.05) is 23.7 Å². The number of halogens is 2. The SMILES string of the molecule is Fc1ccc(C2(CCNCc3cccc(Cl)c3)CCOC3(CCOC3)C2)nc1. The maximum absolute atomic E-state index is 13.5. The molecule has 0 saturated carbocycles. The van der Waals surface area contributed by atoms with Crippen molar-refractivity contribution in [3.8, 4) is 0 Å². The van der Waals surface area contributed by atoms with E-state index in [1.54, 1.807) is 0 Å². The van der Waals surface area contributed by atoms with Gasteiger partial charge < -0.3 is 14.8 Å². The molecule has 3 heterocycles. The molecule has 1 aromatic carbocycles. The highest BCUT2D eigenvalue weighted by Gasteiger charge is 2.49. The Balaban J connectivity index is 1.47. The van der Waals surface area contributed by atoms with Crippen molar-refractivity contribution in [2.24, 2.45) is 0 Å². The summed E-state index contributed by atoms with van der Waals surface area (Å²) in [5, 5.41) is 4.28. The lowest BCUT2D eigenvalue weighted by Gasteiger charge is -2.45. The number of nitrogens with zero attached hydrogens (tertiary/aromatic N) is 1. The average Bonchev–Trinajstić information content (AvgIpc) is 3.13.